The second-order valence-corrected chi connectivity index (χ2v) is 5.74. The Bertz CT molecular complexity index is 455. The van der Waals surface area contributed by atoms with E-state index in [9.17, 15) is 9.59 Å². The van der Waals surface area contributed by atoms with Crippen LogP contribution in [0, 0.1) is 6.92 Å². The van der Waals surface area contributed by atoms with Crippen LogP contribution in [-0.2, 0) is 9.59 Å². The average molecular weight is 346 g/mol. The van der Waals surface area contributed by atoms with E-state index in [-0.39, 0.29) is 30.0 Å². The van der Waals surface area contributed by atoms with Crippen LogP contribution in [0.3, 0.4) is 0 Å². The molecule has 0 saturated heterocycles. The number of carbonyl (C=O) groups excluding carboxylic acids is 2. The van der Waals surface area contributed by atoms with Gasteiger partial charge in [-0.1, -0.05) is 17.7 Å². The van der Waals surface area contributed by atoms with Gasteiger partial charge in [0.2, 0.25) is 11.8 Å². The number of nitrogens with one attached hydrogen (secondary N) is 2. The molecule has 0 spiro atoms. The molecule has 0 unspecified atom stereocenters. The molecule has 0 aliphatic carbocycles. The summed E-state index contributed by atoms with van der Waals surface area (Å²) in [7, 11) is 0. The van der Waals surface area contributed by atoms with Crippen molar-refractivity contribution in [1.29, 1.82) is 0 Å². The van der Waals surface area contributed by atoms with Crippen LogP contribution >= 0.6 is 24.2 Å². The summed E-state index contributed by atoms with van der Waals surface area (Å²) in [4.78, 5) is 23.2. The number of halogens is 1. The summed E-state index contributed by atoms with van der Waals surface area (Å²) in [6, 6.07) is 7.61. The molecule has 2 amide bonds. The molecule has 0 saturated carbocycles. The highest BCUT2D eigenvalue weighted by molar-refractivity contribution is 8.00. The summed E-state index contributed by atoms with van der Waals surface area (Å²) < 4.78 is 0. The SMILES string of the molecule is Cc1ccc(NC(=O)CSCC(=O)NCCCCN)cc1.Cl. The van der Waals surface area contributed by atoms with Crippen molar-refractivity contribution in [2.45, 2.75) is 19.8 Å². The summed E-state index contributed by atoms with van der Waals surface area (Å²) in [6.07, 6.45) is 1.80. The van der Waals surface area contributed by atoms with Crippen LogP contribution in [-0.4, -0.2) is 36.4 Å². The van der Waals surface area contributed by atoms with Gasteiger partial charge in [0.25, 0.3) is 0 Å². The van der Waals surface area contributed by atoms with Gasteiger partial charge in [0.1, 0.15) is 0 Å². The van der Waals surface area contributed by atoms with Crippen molar-refractivity contribution in [3.8, 4) is 0 Å². The Kier molecular flexibility index (Phi) is 11.6. The van der Waals surface area contributed by atoms with Crippen molar-refractivity contribution in [3.63, 3.8) is 0 Å². The molecule has 0 bridgehead atoms. The van der Waals surface area contributed by atoms with Crippen molar-refractivity contribution in [2.75, 3.05) is 29.9 Å². The fourth-order valence-electron chi connectivity index (χ4n) is 1.62. The van der Waals surface area contributed by atoms with Crippen LogP contribution in [0.25, 0.3) is 0 Å². The number of carbonyl (C=O) groups is 2. The summed E-state index contributed by atoms with van der Waals surface area (Å²) in [6.45, 7) is 3.28. The molecule has 5 nitrogen and oxygen atoms in total. The van der Waals surface area contributed by atoms with Crippen LogP contribution in [0.2, 0.25) is 0 Å². The maximum atomic E-state index is 11.7. The van der Waals surface area contributed by atoms with E-state index in [1.807, 2.05) is 31.2 Å². The fraction of sp³-hybridized carbons (Fsp3) is 0.467. The highest BCUT2D eigenvalue weighted by Gasteiger charge is 2.05. The van der Waals surface area contributed by atoms with Crippen LogP contribution in [0.1, 0.15) is 18.4 Å². The number of anilines is 1. The van der Waals surface area contributed by atoms with Crippen molar-refractivity contribution in [1.82, 2.24) is 5.32 Å². The molecule has 4 N–H and O–H groups in total. The molecule has 0 heterocycles. The highest BCUT2D eigenvalue weighted by atomic mass is 35.5. The molecular formula is C15H24ClN3O2S. The number of nitrogens with two attached hydrogens (primary N) is 1. The minimum Gasteiger partial charge on any atom is -0.355 e. The van der Waals surface area contributed by atoms with Crippen molar-refractivity contribution in [2.24, 2.45) is 5.73 Å². The standard InChI is InChI=1S/C15H23N3O2S.ClH/c1-12-4-6-13(7-5-12)18-15(20)11-21-10-14(19)17-9-3-2-8-16;/h4-7H,2-3,8-11,16H2,1H3,(H,17,19)(H,18,20);1H. The largest absolute Gasteiger partial charge is 0.355 e. The Morgan fingerprint density at radius 3 is 2.36 bits per heavy atom. The second-order valence-electron chi connectivity index (χ2n) is 4.75. The predicted octanol–water partition coefficient (Wildman–Crippen LogP) is 1.94. The van der Waals surface area contributed by atoms with Crippen molar-refractivity contribution >= 4 is 41.7 Å². The smallest absolute Gasteiger partial charge is 0.234 e. The topological polar surface area (TPSA) is 84.2 Å². The lowest BCUT2D eigenvalue weighted by molar-refractivity contribution is -0.118. The van der Waals surface area contributed by atoms with E-state index in [1.54, 1.807) is 0 Å². The number of unbranched alkanes of at least 4 members (excludes halogenated alkanes) is 1. The maximum absolute atomic E-state index is 11.7. The van der Waals surface area contributed by atoms with Gasteiger partial charge in [-0.2, -0.15) is 0 Å². The number of aryl methyl sites for hydroxylation is 1. The summed E-state index contributed by atoms with van der Waals surface area (Å²) in [5.74, 6) is 0.425. The molecule has 0 aromatic heterocycles. The molecule has 22 heavy (non-hydrogen) atoms. The lowest BCUT2D eigenvalue weighted by atomic mass is 10.2. The molecule has 0 atom stereocenters. The number of benzene rings is 1. The van der Waals surface area contributed by atoms with Crippen LogP contribution in [0.15, 0.2) is 24.3 Å². The number of thioether (sulfide) groups is 1. The first kappa shape index (κ1) is 20.8. The molecule has 1 aromatic carbocycles. The van der Waals surface area contributed by atoms with E-state index in [0.29, 0.717) is 18.8 Å². The van der Waals surface area contributed by atoms with Gasteiger partial charge in [0.05, 0.1) is 11.5 Å². The molecule has 0 aliphatic rings. The molecule has 0 fully saturated rings. The first-order valence-electron chi connectivity index (χ1n) is 7.03. The van der Waals surface area contributed by atoms with Gasteiger partial charge in [-0.15, -0.1) is 24.2 Å². The van der Waals surface area contributed by atoms with Gasteiger partial charge in [-0.05, 0) is 38.4 Å². The van der Waals surface area contributed by atoms with E-state index >= 15 is 0 Å². The zero-order chi connectivity index (χ0) is 15.5. The summed E-state index contributed by atoms with van der Waals surface area (Å²) in [5, 5.41) is 5.60. The Labute approximate surface area is 142 Å². The Morgan fingerprint density at radius 1 is 1.09 bits per heavy atom. The summed E-state index contributed by atoms with van der Waals surface area (Å²) in [5.41, 5.74) is 7.29. The molecule has 124 valence electrons. The molecule has 0 radical (unpaired) electrons. The van der Waals surface area contributed by atoms with E-state index in [4.69, 9.17) is 5.73 Å². The highest BCUT2D eigenvalue weighted by Crippen LogP contribution is 2.09. The predicted molar refractivity (Wildman–Crippen MR) is 95.7 cm³/mol. The molecule has 0 aliphatic heterocycles. The van der Waals surface area contributed by atoms with Gasteiger partial charge in [0, 0.05) is 12.2 Å². The second kappa shape index (κ2) is 12.3. The van der Waals surface area contributed by atoms with Crippen molar-refractivity contribution in [3.05, 3.63) is 29.8 Å². The summed E-state index contributed by atoms with van der Waals surface area (Å²) >= 11 is 1.31. The quantitative estimate of drug-likeness (QED) is 0.597. The Balaban J connectivity index is 0.00000441. The number of hydrogen-bond donors (Lipinski definition) is 3. The van der Waals surface area contributed by atoms with Gasteiger partial charge < -0.3 is 16.4 Å². The molecule has 1 aromatic rings. The third kappa shape index (κ3) is 9.65. The maximum Gasteiger partial charge on any atom is 0.234 e. The first-order chi connectivity index (χ1) is 10.1. The number of rotatable bonds is 9. The van der Waals surface area contributed by atoms with Crippen LogP contribution in [0.5, 0.6) is 0 Å². The molecular weight excluding hydrogens is 322 g/mol. The van der Waals surface area contributed by atoms with Crippen LogP contribution < -0.4 is 16.4 Å². The lowest BCUT2D eigenvalue weighted by Crippen LogP contribution is -2.27. The fourth-order valence-corrected chi connectivity index (χ4v) is 2.27. The lowest BCUT2D eigenvalue weighted by Gasteiger charge is -2.06. The molecule has 7 heteroatoms. The number of amides is 2. The zero-order valence-corrected chi connectivity index (χ0v) is 14.4. The normalized spacial score (nSPS) is 9.73. The Morgan fingerprint density at radius 2 is 1.73 bits per heavy atom. The van der Waals surface area contributed by atoms with Crippen LogP contribution in [0.4, 0.5) is 5.69 Å². The van der Waals surface area contributed by atoms with Crippen molar-refractivity contribution < 1.29 is 9.59 Å². The van der Waals surface area contributed by atoms with E-state index < -0.39 is 0 Å². The monoisotopic (exact) mass is 345 g/mol. The number of hydrogen-bond acceptors (Lipinski definition) is 4. The van der Waals surface area contributed by atoms with Gasteiger partial charge >= 0.3 is 0 Å². The minimum absolute atomic E-state index is 0. The van der Waals surface area contributed by atoms with Gasteiger partial charge in [-0.25, -0.2) is 0 Å². The third-order valence-corrected chi connectivity index (χ3v) is 3.69. The average Bonchev–Trinajstić information content (AvgIpc) is 2.46. The van der Waals surface area contributed by atoms with Gasteiger partial charge in [0.15, 0.2) is 0 Å². The third-order valence-electron chi connectivity index (χ3n) is 2.75. The Hall–Kier alpha value is -1.24. The first-order valence-corrected chi connectivity index (χ1v) is 8.18. The van der Waals surface area contributed by atoms with Gasteiger partial charge in [-0.3, -0.25) is 9.59 Å². The minimum atomic E-state index is -0.0974. The molecule has 1 rings (SSSR count). The van der Waals surface area contributed by atoms with E-state index in [2.05, 4.69) is 10.6 Å². The van der Waals surface area contributed by atoms with E-state index in [0.717, 1.165) is 24.1 Å². The van der Waals surface area contributed by atoms with E-state index in [1.165, 1.54) is 11.8 Å². The zero-order valence-electron chi connectivity index (χ0n) is 12.8.